The van der Waals surface area contributed by atoms with Crippen molar-refractivity contribution in [1.82, 2.24) is 4.98 Å². The van der Waals surface area contributed by atoms with Crippen LogP contribution in [0.1, 0.15) is 25.5 Å². The fourth-order valence-corrected chi connectivity index (χ4v) is 1.93. The normalized spacial score (nSPS) is 17.9. The van der Waals surface area contributed by atoms with Crippen molar-refractivity contribution in [3.8, 4) is 0 Å². The van der Waals surface area contributed by atoms with Gasteiger partial charge in [-0.2, -0.15) is 0 Å². The Morgan fingerprint density at radius 2 is 2.29 bits per heavy atom. The molecule has 1 aliphatic rings. The van der Waals surface area contributed by atoms with Crippen LogP contribution < -0.4 is 10.6 Å². The van der Waals surface area contributed by atoms with E-state index in [-0.39, 0.29) is 5.84 Å². The Morgan fingerprint density at radius 1 is 1.59 bits per heavy atom. The molecule has 1 aromatic heterocycles. The molecule has 0 bridgehead atoms. The van der Waals surface area contributed by atoms with Gasteiger partial charge in [-0.3, -0.25) is 4.98 Å². The minimum absolute atomic E-state index is 0.0365. The van der Waals surface area contributed by atoms with E-state index in [2.05, 4.69) is 29.0 Å². The lowest BCUT2D eigenvalue weighted by Gasteiger charge is -2.26. The molecule has 5 nitrogen and oxygen atoms in total. The predicted octanol–water partition coefficient (Wildman–Crippen LogP) is 1.41. The second kappa shape index (κ2) is 4.61. The molecule has 1 heterocycles. The first kappa shape index (κ1) is 11.7. The summed E-state index contributed by atoms with van der Waals surface area (Å²) in [6, 6.07) is 4.24. The van der Waals surface area contributed by atoms with Gasteiger partial charge in [0.15, 0.2) is 5.84 Å². The molecule has 0 amide bonds. The van der Waals surface area contributed by atoms with E-state index in [1.807, 2.05) is 6.07 Å². The van der Waals surface area contributed by atoms with Gasteiger partial charge in [-0.15, -0.1) is 0 Å². The van der Waals surface area contributed by atoms with Gasteiger partial charge in [0, 0.05) is 13.1 Å². The van der Waals surface area contributed by atoms with Gasteiger partial charge in [0.2, 0.25) is 0 Å². The summed E-state index contributed by atoms with van der Waals surface area (Å²) in [5.74, 6) is 0.846. The molecule has 1 aromatic rings. The molecule has 1 aliphatic carbocycles. The van der Waals surface area contributed by atoms with Crippen LogP contribution in [0, 0.1) is 5.92 Å². The summed E-state index contributed by atoms with van der Waals surface area (Å²) in [5.41, 5.74) is 7.01. The number of nitrogens with two attached hydrogens (primary N) is 1. The number of oxime groups is 1. The van der Waals surface area contributed by atoms with E-state index in [1.54, 1.807) is 12.3 Å². The van der Waals surface area contributed by atoms with Crippen LogP contribution in [0.15, 0.2) is 23.5 Å². The quantitative estimate of drug-likeness (QED) is 0.357. The number of amidine groups is 1. The average molecular weight is 234 g/mol. The molecule has 0 aromatic carbocycles. The molecule has 92 valence electrons. The average Bonchev–Trinajstić information content (AvgIpc) is 3.20. The lowest BCUT2D eigenvalue weighted by atomic mass is 10.2. The van der Waals surface area contributed by atoms with E-state index in [0.717, 1.165) is 11.6 Å². The highest BCUT2D eigenvalue weighted by Gasteiger charge is 2.30. The van der Waals surface area contributed by atoms with Crippen molar-refractivity contribution < 1.29 is 5.21 Å². The first-order chi connectivity index (χ1) is 8.13. The van der Waals surface area contributed by atoms with E-state index in [1.165, 1.54) is 12.8 Å². The fraction of sp³-hybridized carbons (Fsp3) is 0.500. The number of aromatic nitrogens is 1. The molecule has 0 saturated heterocycles. The van der Waals surface area contributed by atoms with Gasteiger partial charge in [0.25, 0.3) is 0 Å². The van der Waals surface area contributed by atoms with Crippen LogP contribution in [0.5, 0.6) is 0 Å². The highest BCUT2D eigenvalue weighted by atomic mass is 16.4. The summed E-state index contributed by atoms with van der Waals surface area (Å²) in [6.45, 7) is 2.23. The van der Waals surface area contributed by atoms with Gasteiger partial charge in [-0.25, -0.2) is 0 Å². The standard InChI is InChI=1S/C12H18N4O/c1-8(9-3-4-9)16(2)10-5-6-11(14-7-10)12(13)15-17/h5-9,17H,3-4H2,1-2H3,(H2,13,15). The minimum atomic E-state index is 0.0365. The highest BCUT2D eigenvalue weighted by Crippen LogP contribution is 2.36. The number of nitrogens with zero attached hydrogens (tertiary/aromatic N) is 3. The number of hydrogen-bond acceptors (Lipinski definition) is 4. The summed E-state index contributed by atoms with van der Waals surface area (Å²) in [7, 11) is 2.07. The number of pyridine rings is 1. The Balaban J connectivity index is 2.11. The molecule has 1 unspecified atom stereocenters. The zero-order valence-electron chi connectivity index (χ0n) is 10.2. The zero-order chi connectivity index (χ0) is 12.4. The Hall–Kier alpha value is -1.78. The van der Waals surface area contributed by atoms with Gasteiger partial charge >= 0.3 is 0 Å². The minimum Gasteiger partial charge on any atom is -0.409 e. The molecule has 1 atom stereocenters. The third-order valence-corrected chi connectivity index (χ3v) is 3.44. The fourth-order valence-electron chi connectivity index (χ4n) is 1.93. The van der Waals surface area contributed by atoms with Crippen LogP contribution in [0.25, 0.3) is 0 Å². The lowest BCUT2D eigenvalue weighted by Crippen LogP contribution is -2.30. The van der Waals surface area contributed by atoms with Crippen LogP contribution >= 0.6 is 0 Å². The molecule has 0 spiro atoms. The van der Waals surface area contributed by atoms with Gasteiger partial charge in [-0.05, 0) is 37.8 Å². The maximum absolute atomic E-state index is 8.55. The van der Waals surface area contributed by atoms with Crippen molar-refractivity contribution in [3.05, 3.63) is 24.0 Å². The van der Waals surface area contributed by atoms with Crippen LogP contribution in [0.3, 0.4) is 0 Å². The van der Waals surface area contributed by atoms with E-state index in [0.29, 0.717) is 11.7 Å². The maximum atomic E-state index is 8.55. The molecular weight excluding hydrogens is 216 g/mol. The van der Waals surface area contributed by atoms with Crippen molar-refractivity contribution in [2.75, 3.05) is 11.9 Å². The predicted molar refractivity (Wildman–Crippen MR) is 67.3 cm³/mol. The van der Waals surface area contributed by atoms with E-state index in [9.17, 15) is 0 Å². The number of hydrogen-bond donors (Lipinski definition) is 2. The van der Waals surface area contributed by atoms with Gasteiger partial charge in [0.1, 0.15) is 5.69 Å². The molecule has 1 saturated carbocycles. The number of rotatable bonds is 4. The molecule has 0 aliphatic heterocycles. The van der Waals surface area contributed by atoms with Gasteiger partial charge in [-0.1, -0.05) is 5.16 Å². The summed E-state index contributed by atoms with van der Waals surface area (Å²) in [6.07, 6.45) is 4.40. The van der Waals surface area contributed by atoms with Gasteiger partial charge < -0.3 is 15.8 Å². The summed E-state index contributed by atoms with van der Waals surface area (Å²) < 4.78 is 0. The van der Waals surface area contributed by atoms with Crippen LogP contribution in [0.2, 0.25) is 0 Å². The second-order valence-electron chi connectivity index (χ2n) is 4.58. The molecule has 5 heteroatoms. The van der Waals surface area contributed by atoms with Crippen LogP contribution in [-0.4, -0.2) is 29.1 Å². The Bertz CT molecular complexity index is 411. The lowest BCUT2D eigenvalue weighted by molar-refractivity contribution is 0.318. The molecule has 0 radical (unpaired) electrons. The first-order valence-electron chi connectivity index (χ1n) is 5.80. The smallest absolute Gasteiger partial charge is 0.188 e. The topological polar surface area (TPSA) is 74.7 Å². The molecule has 1 fully saturated rings. The summed E-state index contributed by atoms with van der Waals surface area (Å²) in [5, 5.41) is 11.5. The van der Waals surface area contributed by atoms with Crippen molar-refractivity contribution in [2.45, 2.75) is 25.8 Å². The Morgan fingerprint density at radius 3 is 2.76 bits per heavy atom. The summed E-state index contributed by atoms with van der Waals surface area (Å²) >= 11 is 0. The van der Waals surface area contributed by atoms with Crippen molar-refractivity contribution in [2.24, 2.45) is 16.8 Å². The first-order valence-corrected chi connectivity index (χ1v) is 5.80. The monoisotopic (exact) mass is 234 g/mol. The van der Waals surface area contributed by atoms with E-state index in [4.69, 9.17) is 10.9 Å². The third-order valence-electron chi connectivity index (χ3n) is 3.44. The Labute approximate surface area is 101 Å². The maximum Gasteiger partial charge on any atom is 0.188 e. The van der Waals surface area contributed by atoms with Crippen molar-refractivity contribution >= 4 is 11.5 Å². The van der Waals surface area contributed by atoms with Gasteiger partial charge in [0.05, 0.1) is 11.9 Å². The third kappa shape index (κ3) is 2.49. The summed E-state index contributed by atoms with van der Waals surface area (Å²) in [4.78, 5) is 6.40. The largest absolute Gasteiger partial charge is 0.409 e. The van der Waals surface area contributed by atoms with E-state index >= 15 is 0 Å². The van der Waals surface area contributed by atoms with Crippen LogP contribution in [0.4, 0.5) is 5.69 Å². The molecule has 2 rings (SSSR count). The van der Waals surface area contributed by atoms with Crippen LogP contribution in [-0.2, 0) is 0 Å². The second-order valence-corrected chi connectivity index (χ2v) is 4.58. The molecule has 17 heavy (non-hydrogen) atoms. The van der Waals surface area contributed by atoms with Crippen molar-refractivity contribution in [3.63, 3.8) is 0 Å². The Kier molecular flexibility index (Phi) is 3.17. The SMILES string of the molecule is CC(C1CC1)N(C)c1ccc(/C(N)=N/O)nc1. The van der Waals surface area contributed by atoms with E-state index < -0.39 is 0 Å². The zero-order valence-corrected chi connectivity index (χ0v) is 10.2. The van der Waals surface area contributed by atoms with Crippen molar-refractivity contribution in [1.29, 1.82) is 0 Å². The molecular formula is C12H18N4O. The molecule has 3 N–H and O–H groups in total. The highest BCUT2D eigenvalue weighted by molar-refractivity contribution is 5.95. The number of anilines is 1.